The molecule has 4 rings (SSSR count). The highest BCUT2D eigenvalue weighted by atomic mass is 16.5. The summed E-state index contributed by atoms with van der Waals surface area (Å²) in [5.74, 6) is 1.11. The van der Waals surface area contributed by atoms with Crippen LogP contribution in [0.15, 0.2) is 59.4 Å². The Morgan fingerprint density at radius 3 is 2.68 bits per heavy atom. The van der Waals surface area contributed by atoms with Crippen LogP contribution < -0.4 is 10.1 Å². The quantitative estimate of drug-likeness (QED) is 0.551. The molecule has 0 unspecified atom stereocenters. The van der Waals surface area contributed by atoms with Crippen molar-refractivity contribution in [2.45, 2.75) is 25.8 Å². The maximum Gasteiger partial charge on any atom is 0.247 e. The summed E-state index contributed by atoms with van der Waals surface area (Å²) < 4.78 is 10.5. The number of nitrogens with one attached hydrogen (secondary N) is 1. The molecule has 6 nitrogen and oxygen atoms in total. The lowest BCUT2D eigenvalue weighted by atomic mass is 9.85. The number of carbonyl (C=O) groups excluding carboxylic acids is 1. The number of rotatable bonds is 4. The predicted octanol–water partition coefficient (Wildman–Crippen LogP) is 3.89. The maximum absolute atomic E-state index is 12.9. The second-order valence-electron chi connectivity index (χ2n) is 7.45. The van der Waals surface area contributed by atoms with Crippen LogP contribution in [-0.2, 0) is 6.42 Å². The molecule has 0 spiro atoms. The zero-order valence-electron chi connectivity index (χ0n) is 16.0. The van der Waals surface area contributed by atoms with E-state index in [1.54, 1.807) is 37.5 Å². The number of allylic oxidation sites excluding steroid dienone is 1. The van der Waals surface area contributed by atoms with E-state index in [0.29, 0.717) is 11.5 Å². The third-order valence-corrected chi connectivity index (χ3v) is 4.76. The lowest BCUT2D eigenvalue weighted by Gasteiger charge is -2.35. The van der Waals surface area contributed by atoms with Gasteiger partial charge in [0.25, 0.3) is 0 Å². The Morgan fingerprint density at radius 2 is 2.00 bits per heavy atom. The Kier molecular flexibility index (Phi) is 4.47. The standard InChI is InChI=1S/C22H21N3O3/c1-22(2)12-16-8-9-17(27-3)10-18(16)19(24-22)11-20(26)14-4-6-15(7-5-14)21-25-23-13-28-21/h4-11,13,24H,12H2,1-3H3/b19-11-. The lowest BCUT2D eigenvalue weighted by Crippen LogP contribution is -2.43. The zero-order valence-corrected chi connectivity index (χ0v) is 16.0. The van der Waals surface area contributed by atoms with Crippen LogP contribution in [0.25, 0.3) is 17.2 Å². The van der Waals surface area contributed by atoms with Crippen molar-refractivity contribution in [3.05, 3.63) is 71.6 Å². The number of ketones is 1. The molecule has 0 atom stereocenters. The van der Waals surface area contributed by atoms with E-state index in [1.807, 2.05) is 12.1 Å². The SMILES string of the molecule is COc1ccc2c(c1)/C(=C/C(=O)c1ccc(-c3nnco3)cc1)NC(C)(C)C2. The number of aromatic nitrogens is 2. The number of benzene rings is 2. The van der Waals surface area contributed by atoms with Crippen molar-refractivity contribution in [1.82, 2.24) is 15.5 Å². The van der Waals surface area contributed by atoms with Crippen LogP contribution in [0.1, 0.15) is 35.3 Å². The molecule has 0 aliphatic carbocycles. The second-order valence-corrected chi connectivity index (χ2v) is 7.45. The molecule has 28 heavy (non-hydrogen) atoms. The maximum atomic E-state index is 12.9. The minimum absolute atomic E-state index is 0.0777. The molecule has 0 saturated heterocycles. The summed E-state index contributed by atoms with van der Waals surface area (Å²) in [6.45, 7) is 4.25. The molecule has 2 aromatic carbocycles. The highest BCUT2D eigenvalue weighted by molar-refractivity contribution is 6.08. The molecule has 142 valence electrons. The molecule has 3 aromatic rings. The summed E-state index contributed by atoms with van der Waals surface area (Å²) in [6.07, 6.45) is 3.80. The molecule has 0 radical (unpaired) electrons. The molecular weight excluding hydrogens is 354 g/mol. The van der Waals surface area contributed by atoms with Crippen molar-refractivity contribution in [3.63, 3.8) is 0 Å². The van der Waals surface area contributed by atoms with E-state index in [1.165, 1.54) is 12.0 Å². The molecule has 0 fully saturated rings. The van der Waals surface area contributed by atoms with Gasteiger partial charge in [-0.1, -0.05) is 18.2 Å². The van der Waals surface area contributed by atoms with Gasteiger partial charge in [-0.15, -0.1) is 10.2 Å². The van der Waals surface area contributed by atoms with Crippen LogP contribution in [0, 0.1) is 0 Å². The number of methoxy groups -OCH3 is 1. The molecule has 1 N–H and O–H groups in total. The monoisotopic (exact) mass is 375 g/mol. The van der Waals surface area contributed by atoms with Crippen molar-refractivity contribution in [2.75, 3.05) is 7.11 Å². The summed E-state index contributed by atoms with van der Waals surface area (Å²) in [7, 11) is 1.64. The van der Waals surface area contributed by atoms with Crippen LogP contribution in [0.5, 0.6) is 5.75 Å². The summed E-state index contributed by atoms with van der Waals surface area (Å²) >= 11 is 0. The summed E-state index contributed by atoms with van der Waals surface area (Å²) in [4.78, 5) is 12.9. The summed E-state index contributed by atoms with van der Waals surface area (Å²) in [6, 6.07) is 13.1. The fraction of sp³-hybridized carbons (Fsp3) is 0.227. The average Bonchev–Trinajstić information content (AvgIpc) is 3.22. The molecule has 1 aromatic heterocycles. The van der Waals surface area contributed by atoms with Gasteiger partial charge in [0.1, 0.15) is 5.75 Å². The van der Waals surface area contributed by atoms with Crippen LogP contribution in [0.4, 0.5) is 0 Å². The first-order valence-corrected chi connectivity index (χ1v) is 9.03. The number of hydrogen-bond acceptors (Lipinski definition) is 6. The largest absolute Gasteiger partial charge is 0.497 e. The molecule has 0 amide bonds. The molecule has 1 aliphatic rings. The summed E-state index contributed by atoms with van der Waals surface area (Å²) in [5, 5.41) is 11.0. The number of fused-ring (bicyclic) bond motifs is 1. The Labute approximate surface area is 163 Å². The van der Waals surface area contributed by atoms with Crippen molar-refractivity contribution in [1.29, 1.82) is 0 Å². The van der Waals surface area contributed by atoms with Gasteiger partial charge in [0.15, 0.2) is 5.78 Å². The van der Waals surface area contributed by atoms with Crippen molar-refractivity contribution < 1.29 is 13.9 Å². The number of hydrogen-bond donors (Lipinski definition) is 1. The topological polar surface area (TPSA) is 77.2 Å². The molecular formula is C22H21N3O3. The smallest absolute Gasteiger partial charge is 0.247 e. The van der Waals surface area contributed by atoms with E-state index in [-0.39, 0.29) is 11.3 Å². The molecule has 0 saturated carbocycles. The van der Waals surface area contributed by atoms with E-state index in [2.05, 4.69) is 35.4 Å². The Balaban J connectivity index is 1.67. The van der Waals surface area contributed by atoms with E-state index < -0.39 is 0 Å². The van der Waals surface area contributed by atoms with E-state index in [4.69, 9.17) is 9.15 Å². The normalized spacial score (nSPS) is 16.3. The highest BCUT2D eigenvalue weighted by Gasteiger charge is 2.28. The van der Waals surface area contributed by atoms with Crippen LogP contribution in [-0.4, -0.2) is 28.6 Å². The molecule has 0 bridgehead atoms. The van der Waals surface area contributed by atoms with Crippen molar-refractivity contribution in [2.24, 2.45) is 0 Å². The molecule has 1 aliphatic heterocycles. The van der Waals surface area contributed by atoms with Gasteiger partial charge in [-0.05, 0) is 50.1 Å². The third kappa shape index (κ3) is 3.53. The third-order valence-electron chi connectivity index (χ3n) is 4.76. The van der Waals surface area contributed by atoms with Gasteiger partial charge in [0.05, 0.1) is 7.11 Å². The van der Waals surface area contributed by atoms with Crippen LogP contribution in [0.3, 0.4) is 0 Å². The average molecular weight is 375 g/mol. The first kappa shape index (κ1) is 18.0. The first-order chi connectivity index (χ1) is 13.4. The Hall–Kier alpha value is -3.41. The van der Waals surface area contributed by atoms with Gasteiger partial charge in [-0.2, -0.15) is 0 Å². The van der Waals surface area contributed by atoms with Gasteiger partial charge >= 0.3 is 0 Å². The second kappa shape index (κ2) is 6.96. The van der Waals surface area contributed by atoms with Crippen molar-refractivity contribution in [3.8, 4) is 17.2 Å². The number of carbonyl (C=O) groups is 1. The fourth-order valence-corrected chi connectivity index (χ4v) is 3.44. The van der Waals surface area contributed by atoms with Gasteiger partial charge in [0.2, 0.25) is 12.3 Å². The van der Waals surface area contributed by atoms with Gasteiger partial charge < -0.3 is 14.5 Å². The molecule has 2 heterocycles. The predicted molar refractivity (Wildman–Crippen MR) is 106 cm³/mol. The van der Waals surface area contributed by atoms with Crippen LogP contribution in [0.2, 0.25) is 0 Å². The van der Waals surface area contributed by atoms with E-state index >= 15 is 0 Å². The fourth-order valence-electron chi connectivity index (χ4n) is 3.44. The number of ether oxygens (including phenoxy) is 1. The highest BCUT2D eigenvalue weighted by Crippen LogP contribution is 2.32. The van der Waals surface area contributed by atoms with Gasteiger partial charge in [-0.25, -0.2) is 0 Å². The minimum Gasteiger partial charge on any atom is -0.497 e. The molecule has 6 heteroatoms. The zero-order chi connectivity index (χ0) is 19.7. The van der Waals surface area contributed by atoms with E-state index in [0.717, 1.165) is 29.0 Å². The van der Waals surface area contributed by atoms with E-state index in [9.17, 15) is 4.79 Å². The number of nitrogens with zero attached hydrogens (tertiary/aromatic N) is 2. The Morgan fingerprint density at radius 1 is 1.21 bits per heavy atom. The first-order valence-electron chi connectivity index (χ1n) is 9.03. The minimum atomic E-state index is -0.143. The lowest BCUT2D eigenvalue weighted by molar-refractivity contribution is 0.104. The van der Waals surface area contributed by atoms with Crippen molar-refractivity contribution >= 4 is 11.5 Å². The summed E-state index contributed by atoms with van der Waals surface area (Å²) in [5.41, 5.74) is 4.20. The van der Waals surface area contributed by atoms with Crippen LogP contribution >= 0.6 is 0 Å². The van der Waals surface area contributed by atoms with Gasteiger partial charge in [-0.3, -0.25) is 4.79 Å². The van der Waals surface area contributed by atoms with Gasteiger partial charge in [0, 0.05) is 34.0 Å². The Bertz CT molecular complexity index is 1040.